The van der Waals surface area contributed by atoms with Crippen LogP contribution in [0.25, 0.3) is 0 Å². The number of carboxylic acid groups (broad SMARTS) is 1. The van der Waals surface area contributed by atoms with Gasteiger partial charge in [0.05, 0.1) is 0 Å². The van der Waals surface area contributed by atoms with Crippen molar-refractivity contribution in [3.05, 3.63) is 24.4 Å². The summed E-state index contributed by atoms with van der Waals surface area (Å²) in [6.45, 7) is 2.27. The maximum absolute atomic E-state index is 11.2. The van der Waals surface area contributed by atoms with Crippen molar-refractivity contribution in [3.63, 3.8) is 0 Å². The highest BCUT2D eigenvalue weighted by molar-refractivity contribution is 5.94. The number of unbranched alkanes of at least 4 members (excludes halogenated alkanes) is 14. The molecule has 2 N–H and O–H groups in total. The molecule has 0 aliphatic carbocycles. The van der Waals surface area contributed by atoms with Gasteiger partial charge >= 0.3 is 5.97 Å². The summed E-state index contributed by atoms with van der Waals surface area (Å²) in [4.78, 5) is 21.4. The Morgan fingerprint density at radius 3 is 1.65 bits per heavy atom. The fourth-order valence-corrected chi connectivity index (χ4v) is 2.88. The Hall–Kier alpha value is -1.58. The second kappa shape index (κ2) is 19.7. The number of allylic oxidation sites excluding steroid dienone is 1. The van der Waals surface area contributed by atoms with Gasteiger partial charge in [-0.15, -0.1) is 0 Å². The molecular formula is C22H39NO3. The fraction of sp³-hybridized carbons (Fsp3) is 0.727. The minimum atomic E-state index is -1.12. The minimum Gasteiger partial charge on any atom is -0.478 e. The van der Waals surface area contributed by atoms with Gasteiger partial charge in [-0.2, -0.15) is 0 Å². The minimum absolute atomic E-state index is 0.412. The van der Waals surface area contributed by atoms with Crippen molar-refractivity contribution in [3.8, 4) is 0 Å². The summed E-state index contributed by atoms with van der Waals surface area (Å²) in [5.41, 5.74) is 0. The van der Waals surface area contributed by atoms with E-state index in [0.717, 1.165) is 25.0 Å². The zero-order chi connectivity index (χ0) is 19.3. The zero-order valence-corrected chi connectivity index (χ0v) is 16.7. The molecule has 0 radical (unpaired) electrons. The number of aliphatic carboxylic acids is 1. The van der Waals surface area contributed by atoms with Crippen molar-refractivity contribution < 1.29 is 14.7 Å². The zero-order valence-electron chi connectivity index (χ0n) is 16.7. The molecule has 0 spiro atoms. The Morgan fingerprint density at radius 2 is 1.19 bits per heavy atom. The summed E-state index contributed by atoms with van der Waals surface area (Å²) in [7, 11) is 0. The summed E-state index contributed by atoms with van der Waals surface area (Å²) in [5, 5.41) is 10.9. The van der Waals surface area contributed by atoms with E-state index in [4.69, 9.17) is 5.11 Å². The Balaban J connectivity index is 3.23. The first-order valence-corrected chi connectivity index (χ1v) is 10.5. The third kappa shape index (κ3) is 20.5. The molecule has 0 heterocycles. The van der Waals surface area contributed by atoms with E-state index >= 15 is 0 Å². The molecule has 0 fully saturated rings. The van der Waals surface area contributed by atoms with Gasteiger partial charge in [0.25, 0.3) is 0 Å². The van der Waals surface area contributed by atoms with Crippen LogP contribution in [0.5, 0.6) is 0 Å². The number of carbonyl (C=O) groups excluding carboxylic acids is 1. The summed E-state index contributed by atoms with van der Waals surface area (Å²) >= 11 is 0. The van der Waals surface area contributed by atoms with Crippen LogP contribution in [0, 0.1) is 0 Å². The van der Waals surface area contributed by atoms with Gasteiger partial charge in [-0.1, -0.05) is 96.5 Å². The van der Waals surface area contributed by atoms with Crippen molar-refractivity contribution in [2.24, 2.45) is 0 Å². The van der Waals surface area contributed by atoms with Crippen LogP contribution in [-0.2, 0) is 9.59 Å². The number of rotatable bonds is 18. The van der Waals surface area contributed by atoms with Crippen molar-refractivity contribution in [2.45, 2.75) is 103 Å². The summed E-state index contributed by atoms with van der Waals surface area (Å²) in [6.07, 6.45) is 25.2. The molecule has 1 amide bonds. The van der Waals surface area contributed by atoms with E-state index < -0.39 is 11.9 Å². The smallest absolute Gasteiger partial charge is 0.328 e. The average molecular weight is 366 g/mol. The largest absolute Gasteiger partial charge is 0.478 e. The van der Waals surface area contributed by atoms with Crippen LogP contribution >= 0.6 is 0 Å². The summed E-state index contributed by atoms with van der Waals surface area (Å²) in [5.74, 6) is -1.53. The lowest BCUT2D eigenvalue weighted by atomic mass is 10.0. The molecule has 4 nitrogen and oxygen atoms in total. The van der Waals surface area contributed by atoms with Gasteiger partial charge in [0, 0.05) is 18.4 Å². The maximum atomic E-state index is 11.2. The average Bonchev–Trinajstić information content (AvgIpc) is 2.62. The SMILES string of the molecule is CCCCCCCCCCCCCCCCC=CNC(=O)/C=C\C(=O)O. The van der Waals surface area contributed by atoms with Crippen LogP contribution in [0.4, 0.5) is 0 Å². The molecule has 0 aliphatic heterocycles. The lowest BCUT2D eigenvalue weighted by Gasteiger charge is -2.02. The monoisotopic (exact) mass is 365 g/mol. The third-order valence-electron chi connectivity index (χ3n) is 4.45. The standard InChI is InChI=1S/C22H39NO3/c1-2-3-4-5-6-7-8-9-10-11-12-13-14-15-16-17-20-23-21(24)18-19-22(25)26/h17-20H,2-16H2,1H3,(H,23,24)(H,25,26)/b19-18-,20-17?. The van der Waals surface area contributed by atoms with Crippen molar-refractivity contribution in [1.29, 1.82) is 0 Å². The second-order valence-electron chi connectivity index (χ2n) is 6.97. The van der Waals surface area contributed by atoms with Crippen LogP contribution in [0.3, 0.4) is 0 Å². The molecule has 0 aromatic heterocycles. The van der Waals surface area contributed by atoms with Gasteiger partial charge in [-0.05, 0) is 12.8 Å². The Morgan fingerprint density at radius 1 is 0.731 bits per heavy atom. The second-order valence-corrected chi connectivity index (χ2v) is 6.97. The van der Waals surface area contributed by atoms with E-state index in [1.807, 2.05) is 6.08 Å². The molecule has 0 aromatic carbocycles. The molecule has 0 saturated heterocycles. The molecule has 0 saturated carbocycles. The topological polar surface area (TPSA) is 66.4 Å². The molecule has 4 heteroatoms. The molecule has 0 unspecified atom stereocenters. The number of nitrogens with one attached hydrogen (secondary N) is 1. The molecule has 0 bridgehead atoms. The van der Waals surface area contributed by atoms with E-state index in [2.05, 4.69) is 12.2 Å². The molecule has 0 atom stereocenters. The van der Waals surface area contributed by atoms with Gasteiger partial charge in [-0.25, -0.2) is 4.79 Å². The van der Waals surface area contributed by atoms with E-state index in [1.54, 1.807) is 6.20 Å². The van der Waals surface area contributed by atoms with E-state index in [-0.39, 0.29) is 0 Å². The maximum Gasteiger partial charge on any atom is 0.328 e. The van der Waals surface area contributed by atoms with Gasteiger partial charge in [-0.3, -0.25) is 4.79 Å². The Labute approximate surface area is 160 Å². The quantitative estimate of drug-likeness (QED) is 0.227. The van der Waals surface area contributed by atoms with Gasteiger partial charge in [0.1, 0.15) is 0 Å². The first kappa shape index (κ1) is 24.4. The normalized spacial score (nSPS) is 11.4. The van der Waals surface area contributed by atoms with E-state index in [9.17, 15) is 9.59 Å². The first-order chi connectivity index (χ1) is 12.7. The summed E-state index contributed by atoms with van der Waals surface area (Å²) < 4.78 is 0. The predicted molar refractivity (Wildman–Crippen MR) is 109 cm³/mol. The Kier molecular flexibility index (Phi) is 18.5. The lowest BCUT2D eigenvalue weighted by Crippen LogP contribution is -2.13. The highest BCUT2D eigenvalue weighted by Gasteiger charge is 1.94. The Bertz CT molecular complexity index is 402. The van der Waals surface area contributed by atoms with Crippen LogP contribution in [0.1, 0.15) is 103 Å². The molecular weight excluding hydrogens is 326 g/mol. The van der Waals surface area contributed by atoms with Crippen molar-refractivity contribution in [2.75, 3.05) is 0 Å². The number of hydrogen-bond donors (Lipinski definition) is 2. The van der Waals surface area contributed by atoms with Crippen molar-refractivity contribution in [1.82, 2.24) is 5.32 Å². The van der Waals surface area contributed by atoms with Crippen LogP contribution in [-0.4, -0.2) is 17.0 Å². The lowest BCUT2D eigenvalue weighted by molar-refractivity contribution is -0.131. The van der Waals surface area contributed by atoms with Crippen LogP contribution in [0.15, 0.2) is 24.4 Å². The van der Waals surface area contributed by atoms with E-state index in [0.29, 0.717) is 0 Å². The van der Waals surface area contributed by atoms with Gasteiger partial charge in [0.15, 0.2) is 0 Å². The summed E-state index contributed by atoms with van der Waals surface area (Å²) in [6, 6.07) is 0. The molecule has 0 aliphatic rings. The third-order valence-corrected chi connectivity index (χ3v) is 4.45. The number of hydrogen-bond acceptors (Lipinski definition) is 2. The highest BCUT2D eigenvalue weighted by atomic mass is 16.4. The highest BCUT2D eigenvalue weighted by Crippen LogP contribution is 2.13. The first-order valence-electron chi connectivity index (χ1n) is 10.5. The van der Waals surface area contributed by atoms with Gasteiger partial charge < -0.3 is 10.4 Å². The molecule has 0 rings (SSSR count). The predicted octanol–water partition coefficient (Wildman–Crippen LogP) is 6.13. The number of carboxylic acids is 1. The van der Waals surface area contributed by atoms with Crippen LogP contribution < -0.4 is 5.32 Å². The molecule has 26 heavy (non-hydrogen) atoms. The number of carbonyl (C=O) groups is 2. The van der Waals surface area contributed by atoms with E-state index in [1.165, 1.54) is 83.5 Å². The molecule has 0 aromatic rings. The fourth-order valence-electron chi connectivity index (χ4n) is 2.88. The van der Waals surface area contributed by atoms with Crippen LogP contribution in [0.2, 0.25) is 0 Å². The van der Waals surface area contributed by atoms with Gasteiger partial charge in [0.2, 0.25) is 5.91 Å². The molecule has 150 valence electrons. The number of amides is 1. The van der Waals surface area contributed by atoms with Crippen molar-refractivity contribution >= 4 is 11.9 Å².